The number of hydrogen-bond donors (Lipinski definition) is 0. The van der Waals surface area contributed by atoms with E-state index in [0.717, 1.165) is 43.8 Å². The predicted octanol–water partition coefficient (Wildman–Crippen LogP) is 5.65. The fraction of sp³-hybridized carbons (Fsp3) is 0.143. The van der Waals surface area contributed by atoms with Gasteiger partial charge in [-0.2, -0.15) is 21.0 Å². The van der Waals surface area contributed by atoms with Gasteiger partial charge in [-0.25, -0.2) is 0 Å². The van der Waals surface area contributed by atoms with Crippen LogP contribution in [0.15, 0.2) is 72.8 Å². The second-order valence-electron chi connectivity index (χ2n) is 8.59. The van der Waals surface area contributed by atoms with Crippen molar-refractivity contribution in [1.29, 1.82) is 21.0 Å². The zero-order valence-electron chi connectivity index (χ0n) is 16.9. The fourth-order valence-corrected chi connectivity index (χ4v) is 5.95. The maximum absolute atomic E-state index is 10.3. The maximum atomic E-state index is 10.3. The first-order chi connectivity index (χ1) is 15.6. The molecule has 0 aliphatic heterocycles. The van der Waals surface area contributed by atoms with E-state index in [0.29, 0.717) is 0 Å². The number of rotatable bonds is 0. The first-order valence-corrected chi connectivity index (χ1v) is 10.3. The molecule has 0 unspecified atom stereocenters. The minimum atomic E-state index is -1.80. The lowest BCUT2D eigenvalue weighted by molar-refractivity contribution is 0.196. The number of benzene rings is 4. The molecule has 4 aromatic rings. The summed E-state index contributed by atoms with van der Waals surface area (Å²) < 4.78 is 0. The van der Waals surface area contributed by atoms with Crippen LogP contribution in [-0.4, -0.2) is 0 Å². The van der Waals surface area contributed by atoms with E-state index in [1.165, 1.54) is 0 Å². The SMILES string of the molecule is N#CC1(C#N)[C@@H]2c3ccccc3[C@@H](c3cc4cc5ccccc5cc4cc32)C1(C#N)C#N. The van der Waals surface area contributed by atoms with E-state index in [1.54, 1.807) is 0 Å². The van der Waals surface area contributed by atoms with Crippen LogP contribution >= 0.6 is 0 Å². The van der Waals surface area contributed by atoms with Gasteiger partial charge in [-0.05, 0) is 55.9 Å². The van der Waals surface area contributed by atoms with Crippen LogP contribution in [0.3, 0.4) is 0 Å². The molecule has 0 aromatic heterocycles. The molecule has 146 valence electrons. The van der Waals surface area contributed by atoms with Gasteiger partial charge in [0.05, 0.1) is 24.3 Å². The molecule has 3 aliphatic carbocycles. The van der Waals surface area contributed by atoms with Gasteiger partial charge in [0.1, 0.15) is 0 Å². The van der Waals surface area contributed by atoms with Crippen molar-refractivity contribution in [2.75, 3.05) is 0 Å². The van der Waals surface area contributed by atoms with Crippen molar-refractivity contribution in [2.24, 2.45) is 10.8 Å². The summed E-state index contributed by atoms with van der Waals surface area (Å²) >= 11 is 0. The Bertz CT molecular complexity index is 1500. The van der Waals surface area contributed by atoms with E-state index in [9.17, 15) is 21.0 Å². The minimum absolute atomic E-state index is 0.677. The van der Waals surface area contributed by atoms with Crippen molar-refractivity contribution in [1.82, 2.24) is 0 Å². The lowest BCUT2D eigenvalue weighted by Crippen LogP contribution is -2.54. The lowest BCUT2D eigenvalue weighted by Gasteiger charge is -2.53. The molecule has 2 bridgehead atoms. The molecule has 4 heteroatoms. The van der Waals surface area contributed by atoms with Crippen LogP contribution in [0.25, 0.3) is 21.5 Å². The standard InChI is InChI=1S/C28H14N4/c29-13-27(14-30)25-21-7-3-4-8-22(21)26(28(27,15-31)16-32)24-12-20-10-18-6-2-1-5-17(18)9-19(20)11-23(24)25/h1-12,25-26H/t25-,26+. The largest absolute Gasteiger partial charge is 0.196 e. The van der Waals surface area contributed by atoms with Gasteiger partial charge in [-0.1, -0.05) is 60.7 Å². The molecule has 0 radical (unpaired) electrons. The van der Waals surface area contributed by atoms with Crippen LogP contribution in [0, 0.1) is 56.2 Å². The van der Waals surface area contributed by atoms with E-state index in [1.807, 2.05) is 48.5 Å². The molecule has 2 atom stereocenters. The third-order valence-electron chi connectivity index (χ3n) is 7.34. The van der Waals surface area contributed by atoms with Gasteiger partial charge in [-0.3, -0.25) is 0 Å². The second-order valence-corrected chi connectivity index (χ2v) is 8.59. The smallest absolute Gasteiger partial charge is 0.187 e. The summed E-state index contributed by atoms with van der Waals surface area (Å²) in [5.41, 5.74) is -0.162. The summed E-state index contributed by atoms with van der Waals surface area (Å²) in [5.74, 6) is -1.35. The average Bonchev–Trinajstić information content (AvgIpc) is 2.85. The normalized spacial score (nSPS) is 20.9. The minimum Gasteiger partial charge on any atom is -0.196 e. The summed E-state index contributed by atoms with van der Waals surface area (Å²) in [6.45, 7) is 0. The third-order valence-corrected chi connectivity index (χ3v) is 7.34. The van der Waals surface area contributed by atoms with Gasteiger partial charge < -0.3 is 0 Å². The van der Waals surface area contributed by atoms with Crippen molar-refractivity contribution in [3.63, 3.8) is 0 Å². The van der Waals surface area contributed by atoms with Gasteiger partial charge in [0.25, 0.3) is 0 Å². The number of fused-ring (bicyclic) bond motifs is 3. The second kappa shape index (κ2) is 5.95. The first kappa shape index (κ1) is 18.2. The molecule has 4 aromatic carbocycles. The Balaban J connectivity index is 1.80. The zero-order chi connectivity index (χ0) is 22.1. The van der Waals surface area contributed by atoms with Crippen molar-refractivity contribution in [2.45, 2.75) is 11.8 Å². The molecule has 0 N–H and O–H groups in total. The van der Waals surface area contributed by atoms with E-state index in [2.05, 4.69) is 48.5 Å². The molecule has 0 saturated heterocycles. The highest BCUT2D eigenvalue weighted by molar-refractivity contribution is 5.99. The van der Waals surface area contributed by atoms with Crippen LogP contribution in [0.4, 0.5) is 0 Å². The first-order valence-electron chi connectivity index (χ1n) is 10.3. The topological polar surface area (TPSA) is 95.2 Å². The molecule has 0 heterocycles. The summed E-state index contributed by atoms with van der Waals surface area (Å²) in [5, 5.41) is 45.4. The van der Waals surface area contributed by atoms with Crippen LogP contribution in [0.5, 0.6) is 0 Å². The molecule has 3 aliphatic rings. The lowest BCUT2D eigenvalue weighted by atomic mass is 9.42. The van der Waals surface area contributed by atoms with Gasteiger partial charge in [0, 0.05) is 11.8 Å². The van der Waals surface area contributed by atoms with Crippen LogP contribution in [0.1, 0.15) is 34.1 Å². The monoisotopic (exact) mass is 406 g/mol. The zero-order valence-corrected chi connectivity index (χ0v) is 16.9. The summed E-state index contributed by atoms with van der Waals surface area (Å²) in [6.07, 6.45) is 0. The Morgan fingerprint density at radius 1 is 0.469 bits per heavy atom. The Kier molecular flexibility index (Phi) is 3.38. The van der Waals surface area contributed by atoms with Crippen LogP contribution in [0.2, 0.25) is 0 Å². The van der Waals surface area contributed by atoms with Crippen molar-refractivity contribution >= 4 is 21.5 Å². The van der Waals surface area contributed by atoms with E-state index in [4.69, 9.17) is 0 Å². The summed E-state index contributed by atoms with van der Waals surface area (Å²) in [6, 6.07) is 32.6. The molecule has 0 spiro atoms. The number of hydrogen-bond acceptors (Lipinski definition) is 4. The van der Waals surface area contributed by atoms with Gasteiger partial charge in [-0.15, -0.1) is 0 Å². The number of nitrogens with zero attached hydrogens (tertiary/aromatic N) is 4. The van der Waals surface area contributed by atoms with Crippen molar-refractivity contribution in [3.05, 3.63) is 95.1 Å². The fourth-order valence-electron chi connectivity index (χ4n) is 5.95. The van der Waals surface area contributed by atoms with Gasteiger partial charge in [0.15, 0.2) is 10.8 Å². The third kappa shape index (κ3) is 1.84. The van der Waals surface area contributed by atoms with E-state index in [-0.39, 0.29) is 0 Å². The van der Waals surface area contributed by atoms with Crippen molar-refractivity contribution in [3.8, 4) is 24.3 Å². The summed E-state index contributed by atoms with van der Waals surface area (Å²) in [4.78, 5) is 0. The molecular formula is C28H14N4. The van der Waals surface area contributed by atoms with Crippen LogP contribution < -0.4 is 0 Å². The van der Waals surface area contributed by atoms with E-state index < -0.39 is 22.7 Å². The van der Waals surface area contributed by atoms with Crippen molar-refractivity contribution < 1.29 is 0 Å². The number of nitriles is 4. The predicted molar refractivity (Wildman–Crippen MR) is 119 cm³/mol. The summed E-state index contributed by atoms with van der Waals surface area (Å²) in [7, 11) is 0. The molecule has 7 rings (SSSR count). The quantitative estimate of drug-likeness (QED) is 0.353. The van der Waals surface area contributed by atoms with Crippen LogP contribution in [-0.2, 0) is 0 Å². The molecule has 0 fully saturated rings. The Hall–Kier alpha value is -4.64. The highest BCUT2D eigenvalue weighted by atomic mass is 14.7. The molecule has 0 amide bonds. The highest BCUT2D eigenvalue weighted by Crippen LogP contribution is 2.69. The molecule has 4 nitrogen and oxygen atoms in total. The van der Waals surface area contributed by atoms with E-state index >= 15 is 0 Å². The molecule has 0 saturated carbocycles. The highest BCUT2D eigenvalue weighted by Gasteiger charge is 2.70. The average molecular weight is 406 g/mol. The Morgan fingerprint density at radius 3 is 1.22 bits per heavy atom. The van der Waals surface area contributed by atoms with Gasteiger partial charge in [0.2, 0.25) is 0 Å². The van der Waals surface area contributed by atoms with Gasteiger partial charge >= 0.3 is 0 Å². The molecular weight excluding hydrogens is 392 g/mol. The Morgan fingerprint density at radius 2 is 0.844 bits per heavy atom. The Labute approximate surface area is 184 Å². The molecule has 32 heavy (non-hydrogen) atoms. The maximum Gasteiger partial charge on any atom is 0.187 e.